The highest BCUT2D eigenvalue weighted by molar-refractivity contribution is 7.89. The number of hydrogen-bond acceptors (Lipinski definition) is 4. The molecule has 18 heavy (non-hydrogen) atoms. The van der Waals surface area contributed by atoms with Crippen LogP contribution in [0.3, 0.4) is 0 Å². The molecule has 2 N–H and O–H groups in total. The number of nitrogens with zero attached hydrogens (tertiary/aromatic N) is 1. The SMILES string of the molecule is CCN(CC(C)C(N)=S)S(=O)(=O)C1CCOCC1. The van der Waals surface area contributed by atoms with Gasteiger partial charge in [0, 0.05) is 32.2 Å². The van der Waals surface area contributed by atoms with Gasteiger partial charge in [0.2, 0.25) is 10.0 Å². The Hall–Kier alpha value is -0.240. The molecule has 5 nitrogen and oxygen atoms in total. The summed E-state index contributed by atoms with van der Waals surface area (Å²) in [5.74, 6) is -0.102. The van der Waals surface area contributed by atoms with Crippen molar-refractivity contribution >= 4 is 27.2 Å². The topological polar surface area (TPSA) is 72.6 Å². The summed E-state index contributed by atoms with van der Waals surface area (Å²) in [6.07, 6.45) is 1.14. The van der Waals surface area contributed by atoms with Gasteiger partial charge < -0.3 is 10.5 Å². The van der Waals surface area contributed by atoms with Crippen LogP contribution in [0.1, 0.15) is 26.7 Å². The molecule has 1 atom stereocenters. The van der Waals surface area contributed by atoms with Gasteiger partial charge in [-0.1, -0.05) is 26.1 Å². The molecule has 0 spiro atoms. The van der Waals surface area contributed by atoms with Gasteiger partial charge in [0.15, 0.2) is 0 Å². The minimum atomic E-state index is -3.26. The molecule has 106 valence electrons. The fourth-order valence-corrected chi connectivity index (χ4v) is 4.07. The van der Waals surface area contributed by atoms with Crippen LogP contribution in [0, 0.1) is 5.92 Å². The molecule has 0 aromatic carbocycles. The van der Waals surface area contributed by atoms with Crippen LogP contribution in [0.15, 0.2) is 0 Å². The van der Waals surface area contributed by atoms with Crippen LogP contribution in [0.5, 0.6) is 0 Å². The lowest BCUT2D eigenvalue weighted by atomic mass is 10.2. The number of sulfonamides is 1. The fourth-order valence-electron chi connectivity index (χ4n) is 1.99. The summed E-state index contributed by atoms with van der Waals surface area (Å²) in [7, 11) is -3.26. The average molecular weight is 294 g/mol. The Morgan fingerprint density at radius 1 is 1.50 bits per heavy atom. The fraction of sp³-hybridized carbons (Fsp3) is 0.909. The molecule has 1 heterocycles. The highest BCUT2D eigenvalue weighted by Gasteiger charge is 2.33. The molecule has 0 aliphatic carbocycles. The van der Waals surface area contributed by atoms with Crippen LogP contribution in [-0.2, 0) is 14.8 Å². The molecule has 0 aromatic heterocycles. The normalized spacial score (nSPS) is 19.9. The first-order valence-corrected chi connectivity index (χ1v) is 8.16. The third-order valence-electron chi connectivity index (χ3n) is 3.27. The first kappa shape index (κ1) is 15.8. The lowest BCUT2D eigenvalue weighted by Gasteiger charge is -2.30. The number of ether oxygens (including phenoxy) is 1. The van der Waals surface area contributed by atoms with Gasteiger partial charge in [-0.15, -0.1) is 0 Å². The number of hydrogen-bond donors (Lipinski definition) is 1. The van der Waals surface area contributed by atoms with Crippen LogP contribution in [0.25, 0.3) is 0 Å². The molecule has 1 aliphatic rings. The molecule has 0 aromatic rings. The molecule has 1 fully saturated rings. The molecule has 0 saturated carbocycles. The largest absolute Gasteiger partial charge is 0.393 e. The van der Waals surface area contributed by atoms with E-state index in [1.165, 1.54) is 4.31 Å². The first-order valence-electron chi connectivity index (χ1n) is 6.25. The lowest BCUT2D eigenvalue weighted by molar-refractivity contribution is 0.0972. The van der Waals surface area contributed by atoms with Gasteiger partial charge in [-0.25, -0.2) is 12.7 Å². The zero-order chi connectivity index (χ0) is 13.8. The highest BCUT2D eigenvalue weighted by atomic mass is 32.2. The Bertz CT molecular complexity index is 378. The van der Waals surface area contributed by atoms with Gasteiger partial charge in [0.05, 0.1) is 10.2 Å². The van der Waals surface area contributed by atoms with Crippen molar-refractivity contribution in [3.63, 3.8) is 0 Å². The molecule has 0 bridgehead atoms. The van der Waals surface area contributed by atoms with Gasteiger partial charge in [0.25, 0.3) is 0 Å². The zero-order valence-electron chi connectivity index (χ0n) is 11.0. The van der Waals surface area contributed by atoms with E-state index < -0.39 is 10.0 Å². The molecule has 7 heteroatoms. The third-order valence-corrected chi connectivity index (χ3v) is 6.11. The Labute approximate surface area is 115 Å². The number of nitrogens with two attached hydrogens (primary N) is 1. The summed E-state index contributed by atoms with van der Waals surface area (Å²) in [6, 6.07) is 0. The van der Waals surface area contributed by atoms with Crippen LogP contribution < -0.4 is 5.73 Å². The van der Waals surface area contributed by atoms with Crippen molar-refractivity contribution < 1.29 is 13.2 Å². The van der Waals surface area contributed by atoms with E-state index in [4.69, 9.17) is 22.7 Å². The van der Waals surface area contributed by atoms with Gasteiger partial charge in [-0.05, 0) is 12.8 Å². The molecular formula is C11H22N2O3S2. The Balaban J connectivity index is 2.75. The maximum Gasteiger partial charge on any atom is 0.217 e. The Morgan fingerprint density at radius 3 is 2.50 bits per heavy atom. The maximum atomic E-state index is 12.5. The Kier molecular flexibility index (Phi) is 5.97. The summed E-state index contributed by atoms with van der Waals surface area (Å²) in [6.45, 7) is 5.55. The molecule has 1 aliphatic heterocycles. The standard InChI is InChI=1S/C11H22N2O3S2/c1-3-13(8-9(2)11(12)17)18(14,15)10-4-6-16-7-5-10/h9-10H,3-8H2,1-2H3,(H2,12,17). The monoisotopic (exact) mass is 294 g/mol. The van der Waals surface area contributed by atoms with Crippen molar-refractivity contribution in [1.82, 2.24) is 4.31 Å². The first-order chi connectivity index (χ1) is 8.39. The minimum Gasteiger partial charge on any atom is -0.393 e. The van der Waals surface area contributed by atoms with Crippen molar-refractivity contribution in [2.45, 2.75) is 31.9 Å². The van der Waals surface area contributed by atoms with Gasteiger partial charge in [0.1, 0.15) is 0 Å². The Morgan fingerprint density at radius 2 is 2.06 bits per heavy atom. The van der Waals surface area contributed by atoms with Crippen LogP contribution in [0.2, 0.25) is 0 Å². The molecule has 1 unspecified atom stereocenters. The quantitative estimate of drug-likeness (QED) is 0.732. The third kappa shape index (κ3) is 3.88. The van der Waals surface area contributed by atoms with E-state index in [1.807, 2.05) is 13.8 Å². The van der Waals surface area contributed by atoms with Gasteiger partial charge in [-0.3, -0.25) is 0 Å². The van der Waals surface area contributed by atoms with Gasteiger partial charge >= 0.3 is 0 Å². The average Bonchev–Trinajstić information content (AvgIpc) is 2.36. The van der Waals surface area contributed by atoms with Crippen LogP contribution in [0.4, 0.5) is 0 Å². The van der Waals surface area contributed by atoms with Crippen molar-refractivity contribution in [3.05, 3.63) is 0 Å². The predicted octanol–water partition coefficient (Wildman–Crippen LogP) is 0.739. The van der Waals surface area contributed by atoms with E-state index >= 15 is 0 Å². The van der Waals surface area contributed by atoms with Crippen molar-refractivity contribution in [3.8, 4) is 0 Å². The number of rotatable bonds is 6. The zero-order valence-corrected chi connectivity index (χ0v) is 12.6. The highest BCUT2D eigenvalue weighted by Crippen LogP contribution is 2.20. The molecular weight excluding hydrogens is 272 g/mol. The summed E-state index contributed by atoms with van der Waals surface area (Å²) >= 11 is 4.90. The smallest absolute Gasteiger partial charge is 0.217 e. The number of thiocarbonyl (C=S) groups is 1. The van der Waals surface area contributed by atoms with E-state index in [9.17, 15) is 8.42 Å². The van der Waals surface area contributed by atoms with Crippen molar-refractivity contribution in [2.24, 2.45) is 11.7 Å². The van der Waals surface area contributed by atoms with Gasteiger partial charge in [-0.2, -0.15) is 0 Å². The van der Waals surface area contributed by atoms with E-state index in [2.05, 4.69) is 0 Å². The summed E-state index contributed by atoms with van der Waals surface area (Å²) in [4.78, 5) is 0.357. The maximum absolute atomic E-state index is 12.5. The van der Waals surface area contributed by atoms with E-state index in [-0.39, 0.29) is 11.2 Å². The molecule has 0 amide bonds. The predicted molar refractivity (Wildman–Crippen MR) is 76.0 cm³/mol. The minimum absolute atomic E-state index is 0.102. The van der Waals surface area contributed by atoms with E-state index in [0.29, 0.717) is 44.1 Å². The summed E-state index contributed by atoms with van der Waals surface area (Å²) < 4.78 is 31.6. The summed E-state index contributed by atoms with van der Waals surface area (Å²) in [5.41, 5.74) is 5.55. The molecule has 1 rings (SSSR count). The molecule has 1 saturated heterocycles. The van der Waals surface area contributed by atoms with Crippen molar-refractivity contribution in [2.75, 3.05) is 26.3 Å². The van der Waals surface area contributed by atoms with Crippen LogP contribution >= 0.6 is 12.2 Å². The van der Waals surface area contributed by atoms with E-state index in [0.717, 1.165) is 0 Å². The second-order valence-corrected chi connectivity index (χ2v) is 7.30. The van der Waals surface area contributed by atoms with Crippen molar-refractivity contribution in [1.29, 1.82) is 0 Å². The lowest BCUT2D eigenvalue weighted by Crippen LogP contribution is -2.44. The second-order valence-electron chi connectivity index (χ2n) is 4.61. The second kappa shape index (κ2) is 6.79. The van der Waals surface area contributed by atoms with E-state index in [1.54, 1.807) is 0 Å². The molecule has 0 radical (unpaired) electrons. The summed E-state index contributed by atoms with van der Waals surface area (Å²) in [5, 5.41) is -0.329. The van der Waals surface area contributed by atoms with Crippen LogP contribution in [-0.4, -0.2) is 49.3 Å².